The molecule has 0 aromatic rings. The number of carboxylic acid groups (broad SMARTS) is 1. The molecule has 6 nitrogen and oxygen atoms in total. The van der Waals surface area contributed by atoms with Gasteiger partial charge in [-0.3, -0.25) is 0 Å². The number of hydrogen-bond donors (Lipinski definition) is 3. The Balaban J connectivity index is 2.26. The predicted octanol–water partition coefficient (Wildman–Crippen LogP) is 0.716. The van der Waals surface area contributed by atoms with Gasteiger partial charge < -0.3 is 20.5 Å². The summed E-state index contributed by atoms with van der Waals surface area (Å²) in [4.78, 5) is 22.3. The molecule has 2 amide bonds. The van der Waals surface area contributed by atoms with Crippen LogP contribution in [0, 0.1) is 0 Å². The lowest BCUT2D eigenvalue weighted by Gasteiger charge is -2.34. The number of rotatable bonds is 6. The normalized spacial score (nSPS) is 24.6. The van der Waals surface area contributed by atoms with Crippen LogP contribution in [-0.4, -0.2) is 42.4 Å². The minimum Gasteiger partial charge on any atom is -0.480 e. The molecular formula is C11H20N2O4. The topological polar surface area (TPSA) is 87.7 Å². The molecule has 0 bridgehead atoms. The molecule has 0 saturated heterocycles. The molecule has 1 fully saturated rings. The highest BCUT2D eigenvalue weighted by Gasteiger charge is 2.30. The number of aliphatic carboxylic acids is 1. The molecule has 0 spiro atoms. The molecule has 17 heavy (non-hydrogen) atoms. The van der Waals surface area contributed by atoms with Gasteiger partial charge in [0.25, 0.3) is 0 Å². The molecule has 1 aliphatic rings. The van der Waals surface area contributed by atoms with Crippen molar-refractivity contribution in [3.63, 3.8) is 0 Å². The van der Waals surface area contributed by atoms with Gasteiger partial charge in [-0.25, -0.2) is 9.59 Å². The van der Waals surface area contributed by atoms with Crippen molar-refractivity contribution in [3.05, 3.63) is 0 Å². The Morgan fingerprint density at radius 3 is 2.59 bits per heavy atom. The summed E-state index contributed by atoms with van der Waals surface area (Å²) in [5.41, 5.74) is 0. The second-order valence-electron chi connectivity index (χ2n) is 4.32. The van der Waals surface area contributed by atoms with E-state index in [2.05, 4.69) is 10.6 Å². The van der Waals surface area contributed by atoms with Crippen LogP contribution in [0.2, 0.25) is 0 Å². The lowest BCUT2D eigenvalue weighted by Crippen LogP contribution is -2.53. The average Bonchev–Trinajstić information content (AvgIpc) is 2.22. The zero-order chi connectivity index (χ0) is 12.8. The number of carbonyl (C=O) groups is 2. The summed E-state index contributed by atoms with van der Waals surface area (Å²) in [6.45, 7) is 1.88. The molecule has 0 aliphatic heterocycles. The van der Waals surface area contributed by atoms with Crippen molar-refractivity contribution in [2.45, 2.75) is 50.8 Å². The Hall–Kier alpha value is -1.30. The van der Waals surface area contributed by atoms with Crippen molar-refractivity contribution < 1.29 is 19.4 Å². The van der Waals surface area contributed by atoms with Gasteiger partial charge in [0, 0.05) is 13.2 Å². The van der Waals surface area contributed by atoms with E-state index in [0.29, 0.717) is 12.8 Å². The van der Waals surface area contributed by atoms with Crippen molar-refractivity contribution in [1.29, 1.82) is 0 Å². The minimum atomic E-state index is -0.995. The van der Waals surface area contributed by atoms with Crippen molar-refractivity contribution in [2.75, 3.05) is 7.11 Å². The van der Waals surface area contributed by atoms with Crippen LogP contribution in [0.4, 0.5) is 4.79 Å². The maximum Gasteiger partial charge on any atom is 0.326 e. The van der Waals surface area contributed by atoms with E-state index in [1.54, 1.807) is 7.11 Å². The maximum atomic E-state index is 11.5. The van der Waals surface area contributed by atoms with Crippen molar-refractivity contribution >= 4 is 12.0 Å². The van der Waals surface area contributed by atoms with Gasteiger partial charge in [-0.05, 0) is 19.3 Å². The number of nitrogens with one attached hydrogen (secondary N) is 2. The monoisotopic (exact) mass is 244 g/mol. The Bertz CT molecular complexity index is 277. The van der Waals surface area contributed by atoms with Gasteiger partial charge in [-0.1, -0.05) is 13.3 Å². The molecular weight excluding hydrogens is 224 g/mol. The molecule has 1 atom stereocenters. The minimum absolute atomic E-state index is 0.0935. The zero-order valence-electron chi connectivity index (χ0n) is 10.2. The molecule has 1 aliphatic carbocycles. The standard InChI is InChI=1S/C11H20N2O4/c1-3-4-9(10(14)15)13-11(16)12-7-5-8(6-7)17-2/h7-9H,3-6H2,1-2H3,(H,14,15)(H2,12,13,16). The molecule has 6 heteroatoms. The highest BCUT2D eigenvalue weighted by atomic mass is 16.5. The van der Waals surface area contributed by atoms with E-state index in [1.165, 1.54) is 0 Å². The molecule has 1 rings (SSSR count). The van der Waals surface area contributed by atoms with E-state index in [0.717, 1.165) is 12.8 Å². The Morgan fingerprint density at radius 2 is 2.12 bits per heavy atom. The number of urea groups is 1. The smallest absolute Gasteiger partial charge is 0.326 e. The van der Waals surface area contributed by atoms with E-state index < -0.39 is 18.0 Å². The third-order valence-corrected chi connectivity index (χ3v) is 2.94. The van der Waals surface area contributed by atoms with Crippen molar-refractivity contribution in [3.8, 4) is 0 Å². The molecule has 0 aromatic carbocycles. The molecule has 1 saturated carbocycles. The first-order valence-corrected chi connectivity index (χ1v) is 5.89. The second kappa shape index (κ2) is 6.44. The summed E-state index contributed by atoms with van der Waals surface area (Å²) in [7, 11) is 1.64. The fraction of sp³-hybridized carbons (Fsp3) is 0.818. The second-order valence-corrected chi connectivity index (χ2v) is 4.32. The SMILES string of the molecule is CCCC(NC(=O)NC1CC(OC)C1)C(=O)O. The van der Waals surface area contributed by atoms with E-state index >= 15 is 0 Å². The summed E-state index contributed by atoms with van der Waals surface area (Å²) >= 11 is 0. The third kappa shape index (κ3) is 4.22. The highest BCUT2D eigenvalue weighted by Crippen LogP contribution is 2.22. The number of carbonyl (C=O) groups excluding carboxylic acids is 1. The Morgan fingerprint density at radius 1 is 1.47 bits per heavy atom. The van der Waals surface area contributed by atoms with E-state index in [-0.39, 0.29) is 12.1 Å². The summed E-state index contributed by atoms with van der Waals surface area (Å²) in [5.74, 6) is -0.995. The maximum absolute atomic E-state index is 11.5. The van der Waals surface area contributed by atoms with Crippen LogP contribution < -0.4 is 10.6 Å². The van der Waals surface area contributed by atoms with Crippen molar-refractivity contribution in [1.82, 2.24) is 10.6 Å². The molecule has 0 radical (unpaired) electrons. The van der Waals surface area contributed by atoms with Crippen LogP contribution in [0.25, 0.3) is 0 Å². The molecule has 0 heterocycles. The lowest BCUT2D eigenvalue weighted by atomic mass is 9.89. The van der Waals surface area contributed by atoms with Crippen LogP contribution in [-0.2, 0) is 9.53 Å². The first kappa shape index (κ1) is 13.8. The number of methoxy groups -OCH3 is 1. The van der Waals surface area contributed by atoms with Gasteiger partial charge in [-0.2, -0.15) is 0 Å². The summed E-state index contributed by atoms with van der Waals surface area (Å²) in [5, 5.41) is 14.1. The van der Waals surface area contributed by atoms with E-state index in [9.17, 15) is 9.59 Å². The van der Waals surface area contributed by atoms with Gasteiger partial charge in [-0.15, -0.1) is 0 Å². The van der Waals surface area contributed by atoms with Gasteiger partial charge >= 0.3 is 12.0 Å². The van der Waals surface area contributed by atoms with Crippen LogP contribution in [0.3, 0.4) is 0 Å². The van der Waals surface area contributed by atoms with E-state index in [4.69, 9.17) is 9.84 Å². The summed E-state index contributed by atoms with van der Waals surface area (Å²) in [6, 6.07) is -1.13. The zero-order valence-corrected chi connectivity index (χ0v) is 10.2. The first-order valence-electron chi connectivity index (χ1n) is 5.89. The fourth-order valence-corrected chi connectivity index (χ4v) is 1.81. The van der Waals surface area contributed by atoms with Crippen molar-refractivity contribution in [2.24, 2.45) is 0 Å². The predicted molar refractivity (Wildman–Crippen MR) is 61.8 cm³/mol. The number of carboxylic acids is 1. The van der Waals surface area contributed by atoms with Crippen LogP contribution in [0.1, 0.15) is 32.6 Å². The summed E-state index contributed by atoms with van der Waals surface area (Å²) in [6.07, 6.45) is 2.94. The quantitative estimate of drug-likeness (QED) is 0.642. The fourth-order valence-electron chi connectivity index (χ4n) is 1.81. The van der Waals surface area contributed by atoms with Crippen LogP contribution in [0.15, 0.2) is 0 Å². The van der Waals surface area contributed by atoms with Gasteiger partial charge in [0.05, 0.1) is 6.10 Å². The molecule has 0 aromatic heterocycles. The largest absolute Gasteiger partial charge is 0.480 e. The van der Waals surface area contributed by atoms with Gasteiger partial charge in [0.15, 0.2) is 0 Å². The lowest BCUT2D eigenvalue weighted by molar-refractivity contribution is -0.139. The van der Waals surface area contributed by atoms with Gasteiger partial charge in [0.2, 0.25) is 0 Å². The Labute approximate surface area is 101 Å². The van der Waals surface area contributed by atoms with E-state index in [1.807, 2.05) is 6.92 Å². The Kier molecular flexibility index (Phi) is 5.21. The first-order chi connectivity index (χ1) is 8.06. The van der Waals surface area contributed by atoms with Crippen LogP contribution >= 0.6 is 0 Å². The molecule has 1 unspecified atom stereocenters. The number of amides is 2. The van der Waals surface area contributed by atoms with Gasteiger partial charge in [0.1, 0.15) is 6.04 Å². The number of hydrogen-bond acceptors (Lipinski definition) is 3. The molecule has 98 valence electrons. The third-order valence-electron chi connectivity index (χ3n) is 2.94. The highest BCUT2D eigenvalue weighted by molar-refractivity contribution is 5.82. The molecule has 3 N–H and O–H groups in total. The van der Waals surface area contributed by atoms with Crippen LogP contribution in [0.5, 0.6) is 0 Å². The summed E-state index contributed by atoms with van der Waals surface area (Å²) < 4.78 is 5.09. The average molecular weight is 244 g/mol. The number of ether oxygens (including phenoxy) is 1.